The minimum absolute atomic E-state index is 0.259. The Morgan fingerprint density at radius 1 is 1.03 bits per heavy atom. The topological polar surface area (TPSA) is 68.8 Å². The third-order valence-electron chi connectivity index (χ3n) is 4.74. The number of benzene rings is 2. The van der Waals surface area contributed by atoms with E-state index in [2.05, 4.69) is 31.4 Å². The fraction of sp³-hybridized carbons (Fsp3) is 0.440. The highest BCUT2D eigenvalue weighted by Crippen LogP contribution is 2.28. The Morgan fingerprint density at radius 2 is 1.78 bits per heavy atom. The monoisotopic (exact) mass is 458 g/mol. The minimum atomic E-state index is -0.269. The lowest BCUT2D eigenvalue weighted by Gasteiger charge is -2.14. The van der Waals surface area contributed by atoms with Crippen molar-refractivity contribution in [1.29, 1.82) is 0 Å². The maximum Gasteiger partial charge on any atom is 0.257 e. The molecule has 1 amide bonds. The highest BCUT2D eigenvalue weighted by molar-refractivity contribution is 7.80. The zero-order valence-corrected chi connectivity index (χ0v) is 20.2. The Balaban J connectivity index is 1.83. The Kier molecular flexibility index (Phi) is 10.8. The highest BCUT2D eigenvalue weighted by Gasteiger charge is 2.10. The zero-order chi connectivity index (χ0) is 23.3. The number of amides is 1. The number of ether oxygens (including phenoxy) is 3. The van der Waals surface area contributed by atoms with E-state index in [9.17, 15) is 4.79 Å². The third-order valence-corrected chi connectivity index (χ3v) is 4.99. The van der Waals surface area contributed by atoms with Crippen LogP contribution in [0.4, 0.5) is 0 Å². The van der Waals surface area contributed by atoms with Gasteiger partial charge in [-0.2, -0.15) is 0 Å². The molecule has 0 spiro atoms. The van der Waals surface area contributed by atoms with Crippen molar-refractivity contribution in [2.24, 2.45) is 5.92 Å². The molecule has 2 N–H and O–H groups in total. The van der Waals surface area contributed by atoms with Crippen LogP contribution >= 0.6 is 12.2 Å². The van der Waals surface area contributed by atoms with E-state index >= 15 is 0 Å². The second-order valence-electron chi connectivity index (χ2n) is 7.88. The van der Waals surface area contributed by atoms with Gasteiger partial charge in [0.2, 0.25) is 0 Å². The summed E-state index contributed by atoms with van der Waals surface area (Å²) in [5.74, 6) is 2.45. The van der Waals surface area contributed by atoms with E-state index in [1.54, 1.807) is 31.4 Å². The second kappa shape index (κ2) is 13.6. The average Bonchev–Trinajstić information content (AvgIpc) is 2.78. The first-order valence-corrected chi connectivity index (χ1v) is 11.5. The third kappa shape index (κ3) is 8.75. The maximum atomic E-state index is 12.4. The summed E-state index contributed by atoms with van der Waals surface area (Å²) in [6, 6.07) is 12.8. The zero-order valence-electron chi connectivity index (χ0n) is 19.4. The first-order chi connectivity index (χ1) is 15.4. The Bertz CT molecular complexity index is 869. The van der Waals surface area contributed by atoms with Crippen LogP contribution in [0.3, 0.4) is 0 Å². The largest absolute Gasteiger partial charge is 0.494 e. The number of thiocarbonyl (C=S) groups is 1. The molecule has 0 aliphatic rings. The van der Waals surface area contributed by atoms with Crippen molar-refractivity contribution in [1.82, 2.24) is 10.6 Å². The first kappa shape index (κ1) is 25.5. The highest BCUT2D eigenvalue weighted by atomic mass is 32.1. The molecule has 0 unspecified atom stereocenters. The fourth-order valence-corrected chi connectivity index (χ4v) is 2.95. The molecule has 0 saturated heterocycles. The lowest BCUT2D eigenvalue weighted by Crippen LogP contribution is -2.38. The van der Waals surface area contributed by atoms with E-state index in [1.807, 2.05) is 18.2 Å². The van der Waals surface area contributed by atoms with E-state index in [0.29, 0.717) is 37.0 Å². The molecule has 0 atom stereocenters. The summed E-state index contributed by atoms with van der Waals surface area (Å²) in [5.41, 5.74) is 1.48. The summed E-state index contributed by atoms with van der Waals surface area (Å²) < 4.78 is 16.9. The number of carbonyl (C=O) groups is 1. The normalized spacial score (nSPS) is 10.5. The second-order valence-corrected chi connectivity index (χ2v) is 8.29. The molecule has 2 rings (SSSR count). The lowest BCUT2D eigenvalue weighted by molar-refractivity contribution is 0.0976. The van der Waals surface area contributed by atoms with Gasteiger partial charge >= 0.3 is 0 Å². The molecule has 2 aromatic rings. The Labute approximate surface area is 196 Å². The molecule has 0 radical (unpaired) electrons. The predicted molar refractivity (Wildman–Crippen MR) is 132 cm³/mol. The molecule has 7 heteroatoms. The molecule has 0 fully saturated rings. The van der Waals surface area contributed by atoms with Crippen molar-refractivity contribution in [2.45, 2.75) is 46.6 Å². The summed E-state index contributed by atoms with van der Waals surface area (Å²) >= 11 is 5.27. The van der Waals surface area contributed by atoms with Gasteiger partial charge in [0.05, 0.1) is 20.3 Å². The molecule has 0 aliphatic carbocycles. The van der Waals surface area contributed by atoms with Gasteiger partial charge in [0.25, 0.3) is 5.91 Å². The number of hydrogen-bond acceptors (Lipinski definition) is 5. The van der Waals surface area contributed by atoms with Crippen LogP contribution in [0.1, 0.15) is 56.0 Å². The lowest BCUT2D eigenvalue weighted by atomic mass is 10.1. The molecule has 2 aromatic carbocycles. The molecular formula is C25H34N2O4S. The number of hydrogen-bond donors (Lipinski definition) is 2. The molecule has 32 heavy (non-hydrogen) atoms. The molecule has 6 nitrogen and oxygen atoms in total. The minimum Gasteiger partial charge on any atom is -0.494 e. The van der Waals surface area contributed by atoms with Gasteiger partial charge in [-0.3, -0.25) is 10.1 Å². The van der Waals surface area contributed by atoms with Crippen LogP contribution in [0.25, 0.3) is 0 Å². The maximum absolute atomic E-state index is 12.4. The molecule has 0 aliphatic heterocycles. The van der Waals surface area contributed by atoms with Crippen LogP contribution in [0, 0.1) is 5.92 Å². The number of unbranched alkanes of at least 4 members (excludes halogenated alkanes) is 1. The quantitative estimate of drug-likeness (QED) is 0.341. The Morgan fingerprint density at radius 3 is 2.44 bits per heavy atom. The van der Waals surface area contributed by atoms with Gasteiger partial charge in [0.15, 0.2) is 16.6 Å². The van der Waals surface area contributed by atoms with Crippen LogP contribution in [0.15, 0.2) is 42.5 Å². The fourth-order valence-electron chi connectivity index (χ4n) is 2.78. The molecule has 0 heterocycles. The number of carbonyl (C=O) groups excluding carboxylic acids is 1. The van der Waals surface area contributed by atoms with Crippen molar-refractivity contribution >= 4 is 23.2 Å². The van der Waals surface area contributed by atoms with E-state index in [4.69, 9.17) is 26.4 Å². The van der Waals surface area contributed by atoms with Gasteiger partial charge in [0.1, 0.15) is 5.75 Å². The molecule has 174 valence electrons. The summed E-state index contributed by atoms with van der Waals surface area (Å²) in [6.45, 7) is 8.21. The van der Waals surface area contributed by atoms with E-state index in [1.165, 1.54) is 0 Å². The van der Waals surface area contributed by atoms with Gasteiger partial charge < -0.3 is 19.5 Å². The van der Waals surface area contributed by atoms with Crippen molar-refractivity contribution in [3.63, 3.8) is 0 Å². The van der Waals surface area contributed by atoms with E-state index in [0.717, 1.165) is 36.3 Å². The summed E-state index contributed by atoms with van der Waals surface area (Å²) in [5, 5.41) is 6.01. The number of rotatable bonds is 12. The predicted octanol–water partition coefficient (Wildman–Crippen LogP) is 5.10. The van der Waals surface area contributed by atoms with E-state index < -0.39 is 0 Å². The van der Waals surface area contributed by atoms with Gasteiger partial charge in [-0.15, -0.1) is 0 Å². The summed E-state index contributed by atoms with van der Waals surface area (Å²) in [7, 11) is 1.62. The van der Waals surface area contributed by atoms with Crippen molar-refractivity contribution < 1.29 is 19.0 Å². The van der Waals surface area contributed by atoms with Gasteiger partial charge in [-0.25, -0.2) is 0 Å². The van der Waals surface area contributed by atoms with Crippen molar-refractivity contribution in [2.75, 3.05) is 20.3 Å². The van der Waals surface area contributed by atoms with Gasteiger partial charge in [-0.05, 0) is 72.9 Å². The Hall–Kier alpha value is -2.80. The smallest absolute Gasteiger partial charge is 0.257 e. The number of nitrogens with one attached hydrogen (secondary N) is 2. The average molecular weight is 459 g/mol. The molecule has 0 saturated carbocycles. The standard InChI is InChI=1S/C25H34N2O4S/c1-5-6-14-30-21-10-8-20(9-11-21)24(28)27-25(32)26-17-19-7-12-22(23(16-19)29-4)31-15-13-18(2)3/h7-12,16,18H,5-6,13-15,17H2,1-4H3,(H2,26,27,28,32). The van der Waals surface area contributed by atoms with Crippen molar-refractivity contribution in [3.8, 4) is 17.2 Å². The van der Waals surface area contributed by atoms with Crippen LogP contribution in [-0.4, -0.2) is 31.3 Å². The summed E-state index contributed by atoms with van der Waals surface area (Å²) in [6.07, 6.45) is 3.06. The van der Waals surface area contributed by atoms with Crippen LogP contribution in [-0.2, 0) is 6.54 Å². The van der Waals surface area contributed by atoms with Crippen LogP contribution < -0.4 is 24.8 Å². The van der Waals surface area contributed by atoms with Gasteiger partial charge in [0, 0.05) is 12.1 Å². The SMILES string of the molecule is CCCCOc1ccc(C(=O)NC(=S)NCc2ccc(OCCC(C)C)c(OC)c2)cc1. The first-order valence-electron chi connectivity index (χ1n) is 11.0. The van der Waals surface area contributed by atoms with E-state index in [-0.39, 0.29) is 11.0 Å². The van der Waals surface area contributed by atoms with Gasteiger partial charge in [-0.1, -0.05) is 33.3 Å². The number of methoxy groups -OCH3 is 1. The van der Waals surface area contributed by atoms with Crippen molar-refractivity contribution in [3.05, 3.63) is 53.6 Å². The van der Waals surface area contributed by atoms with Crippen LogP contribution in [0.5, 0.6) is 17.2 Å². The summed E-state index contributed by atoms with van der Waals surface area (Å²) in [4.78, 5) is 12.4. The molecule has 0 bridgehead atoms. The molecule has 0 aromatic heterocycles. The van der Waals surface area contributed by atoms with Crippen LogP contribution in [0.2, 0.25) is 0 Å². The molecular weight excluding hydrogens is 424 g/mol.